The van der Waals surface area contributed by atoms with Crippen LogP contribution in [-0.4, -0.2) is 23.3 Å². The molecule has 0 atom stereocenters. The zero-order valence-corrected chi connectivity index (χ0v) is 12.3. The maximum atomic E-state index is 8.79. The van der Waals surface area contributed by atoms with Crippen molar-refractivity contribution in [3.05, 3.63) is 48.3 Å². The van der Waals surface area contributed by atoms with Crippen LogP contribution in [0.2, 0.25) is 0 Å². The van der Waals surface area contributed by atoms with Gasteiger partial charge in [-0.3, -0.25) is 4.98 Å². The third kappa shape index (κ3) is 3.58. The molecule has 0 saturated heterocycles. The first kappa shape index (κ1) is 14.5. The Balaban J connectivity index is 2.23. The number of aliphatic hydroxyl groups is 1. The van der Waals surface area contributed by atoms with Gasteiger partial charge in [-0.15, -0.1) is 0 Å². The molecule has 20 heavy (non-hydrogen) atoms. The highest BCUT2D eigenvalue weighted by Gasteiger charge is 2.14. The maximum absolute atomic E-state index is 8.79. The lowest BCUT2D eigenvalue weighted by Crippen LogP contribution is -2.12. The van der Waals surface area contributed by atoms with Gasteiger partial charge in [0.15, 0.2) is 0 Å². The molecular weight excluding hydrogens is 250 g/mol. The second-order valence-corrected chi connectivity index (χ2v) is 5.78. The summed E-state index contributed by atoms with van der Waals surface area (Å²) < 4.78 is 5.42. The smallest absolute Gasteiger partial charge is 0.120 e. The van der Waals surface area contributed by atoms with E-state index >= 15 is 0 Å². The van der Waals surface area contributed by atoms with Crippen molar-refractivity contribution >= 4 is 0 Å². The number of ether oxygens (including phenoxy) is 1. The number of aliphatic hydroxyl groups excluding tert-OH is 1. The molecule has 1 aromatic heterocycles. The fraction of sp³-hybridized carbons (Fsp3) is 0.353. The molecular formula is C17H21NO2. The van der Waals surface area contributed by atoms with Crippen molar-refractivity contribution in [3.63, 3.8) is 0 Å². The largest absolute Gasteiger partial charge is 0.491 e. The number of rotatable bonds is 4. The van der Waals surface area contributed by atoms with Crippen LogP contribution in [0.3, 0.4) is 0 Å². The SMILES string of the molecule is CC(C)(C)c1ccc(-c2cccc(OCCO)c2)cn1. The van der Waals surface area contributed by atoms with E-state index in [4.69, 9.17) is 9.84 Å². The van der Waals surface area contributed by atoms with Crippen LogP contribution >= 0.6 is 0 Å². The van der Waals surface area contributed by atoms with Gasteiger partial charge in [0.25, 0.3) is 0 Å². The second kappa shape index (κ2) is 6.06. The molecule has 1 heterocycles. The standard InChI is InChI=1S/C17H21NO2/c1-17(2,3)16-8-7-14(12-18-16)13-5-4-6-15(11-13)20-10-9-19/h4-8,11-12,19H,9-10H2,1-3H3. The minimum atomic E-state index is 0.0199. The average Bonchev–Trinajstić information content (AvgIpc) is 2.45. The molecule has 0 radical (unpaired) electrons. The summed E-state index contributed by atoms with van der Waals surface area (Å²) in [7, 11) is 0. The molecule has 2 aromatic rings. The Morgan fingerprint density at radius 3 is 2.50 bits per heavy atom. The molecule has 0 saturated carbocycles. The van der Waals surface area contributed by atoms with Crippen LogP contribution in [-0.2, 0) is 5.41 Å². The van der Waals surface area contributed by atoms with Crippen molar-refractivity contribution < 1.29 is 9.84 Å². The molecule has 0 aliphatic carbocycles. The first-order valence-electron chi connectivity index (χ1n) is 6.81. The number of nitrogens with zero attached hydrogens (tertiary/aromatic N) is 1. The van der Waals surface area contributed by atoms with E-state index in [-0.39, 0.29) is 12.0 Å². The molecule has 3 heteroatoms. The number of pyridine rings is 1. The van der Waals surface area contributed by atoms with Gasteiger partial charge in [0, 0.05) is 22.9 Å². The lowest BCUT2D eigenvalue weighted by atomic mass is 9.91. The molecule has 0 unspecified atom stereocenters. The molecule has 1 aromatic carbocycles. The van der Waals surface area contributed by atoms with Gasteiger partial charge in [0.05, 0.1) is 6.61 Å². The van der Waals surface area contributed by atoms with E-state index in [1.165, 1.54) is 0 Å². The first-order valence-corrected chi connectivity index (χ1v) is 6.81. The molecule has 0 aliphatic heterocycles. The highest BCUT2D eigenvalue weighted by atomic mass is 16.5. The first-order chi connectivity index (χ1) is 9.50. The van der Waals surface area contributed by atoms with Gasteiger partial charge in [-0.25, -0.2) is 0 Å². The van der Waals surface area contributed by atoms with Crippen molar-refractivity contribution in [1.82, 2.24) is 4.98 Å². The van der Waals surface area contributed by atoms with Crippen LogP contribution in [0.5, 0.6) is 5.75 Å². The predicted octanol–water partition coefficient (Wildman–Crippen LogP) is 3.42. The Bertz CT molecular complexity index is 556. The van der Waals surface area contributed by atoms with E-state index in [0.29, 0.717) is 6.61 Å². The highest BCUT2D eigenvalue weighted by molar-refractivity contribution is 5.64. The summed E-state index contributed by atoms with van der Waals surface area (Å²) in [5.41, 5.74) is 3.26. The molecule has 3 nitrogen and oxygen atoms in total. The summed E-state index contributed by atoms with van der Waals surface area (Å²) in [6.45, 7) is 6.78. The fourth-order valence-electron chi connectivity index (χ4n) is 1.94. The molecule has 0 fully saturated rings. The maximum Gasteiger partial charge on any atom is 0.120 e. The van der Waals surface area contributed by atoms with Gasteiger partial charge < -0.3 is 9.84 Å². The van der Waals surface area contributed by atoms with E-state index in [2.05, 4.69) is 37.9 Å². The third-order valence-electron chi connectivity index (χ3n) is 3.06. The van der Waals surface area contributed by atoms with E-state index in [1.807, 2.05) is 30.5 Å². The van der Waals surface area contributed by atoms with Crippen LogP contribution in [0, 0.1) is 0 Å². The minimum absolute atomic E-state index is 0.0199. The Hall–Kier alpha value is -1.87. The Kier molecular flexibility index (Phi) is 4.40. The number of aromatic nitrogens is 1. The van der Waals surface area contributed by atoms with Crippen LogP contribution in [0.1, 0.15) is 26.5 Å². The minimum Gasteiger partial charge on any atom is -0.491 e. The summed E-state index contributed by atoms with van der Waals surface area (Å²) in [4.78, 5) is 4.54. The summed E-state index contributed by atoms with van der Waals surface area (Å²) in [5, 5.41) is 8.79. The normalized spacial score (nSPS) is 11.4. The molecule has 0 amide bonds. The lowest BCUT2D eigenvalue weighted by molar-refractivity contribution is 0.201. The molecule has 106 valence electrons. The van der Waals surface area contributed by atoms with Gasteiger partial charge in [0.2, 0.25) is 0 Å². The average molecular weight is 271 g/mol. The number of hydrogen-bond donors (Lipinski definition) is 1. The fourth-order valence-corrected chi connectivity index (χ4v) is 1.94. The zero-order valence-electron chi connectivity index (χ0n) is 12.3. The predicted molar refractivity (Wildman–Crippen MR) is 81.0 cm³/mol. The number of benzene rings is 1. The van der Waals surface area contributed by atoms with Gasteiger partial charge in [-0.1, -0.05) is 39.0 Å². The Labute approximate surface area is 120 Å². The van der Waals surface area contributed by atoms with Gasteiger partial charge in [-0.2, -0.15) is 0 Å². The highest BCUT2D eigenvalue weighted by Crippen LogP contribution is 2.26. The molecule has 0 bridgehead atoms. The van der Waals surface area contributed by atoms with Crippen molar-refractivity contribution in [1.29, 1.82) is 0 Å². The summed E-state index contributed by atoms with van der Waals surface area (Å²) >= 11 is 0. The molecule has 2 rings (SSSR count). The van der Waals surface area contributed by atoms with Crippen molar-refractivity contribution in [2.75, 3.05) is 13.2 Å². The Morgan fingerprint density at radius 2 is 1.90 bits per heavy atom. The molecule has 0 spiro atoms. The summed E-state index contributed by atoms with van der Waals surface area (Å²) in [6.07, 6.45) is 1.89. The molecule has 0 aliphatic rings. The quantitative estimate of drug-likeness (QED) is 0.926. The van der Waals surface area contributed by atoms with Crippen molar-refractivity contribution in [2.24, 2.45) is 0 Å². The van der Waals surface area contributed by atoms with Crippen molar-refractivity contribution in [3.8, 4) is 16.9 Å². The van der Waals surface area contributed by atoms with Gasteiger partial charge in [-0.05, 0) is 23.8 Å². The topological polar surface area (TPSA) is 42.4 Å². The summed E-state index contributed by atoms with van der Waals surface area (Å²) in [6, 6.07) is 12.0. The van der Waals surface area contributed by atoms with Gasteiger partial charge in [0.1, 0.15) is 12.4 Å². The van der Waals surface area contributed by atoms with E-state index in [9.17, 15) is 0 Å². The Morgan fingerprint density at radius 1 is 1.10 bits per heavy atom. The summed E-state index contributed by atoms with van der Waals surface area (Å²) in [5.74, 6) is 0.761. The number of hydrogen-bond acceptors (Lipinski definition) is 3. The van der Waals surface area contributed by atoms with Crippen LogP contribution in [0.25, 0.3) is 11.1 Å². The monoisotopic (exact) mass is 271 g/mol. The van der Waals surface area contributed by atoms with E-state index < -0.39 is 0 Å². The van der Waals surface area contributed by atoms with Gasteiger partial charge >= 0.3 is 0 Å². The van der Waals surface area contributed by atoms with E-state index in [0.717, 1.165) is 22.6 Å². The van der Waals surface area contributed by atoms with Crippen LogP contribution < -0.4 is 4.74 Å². The van der Waals surface area contributed by atoms with Crippen LogP contribution in [0.15, 0.2) is 42.6 Å². The second-order valence-electron chi connectivity index (χ2n) is 5.78. The van der Waals surface area contributed by atoms with Crippen molar-refractivity contribution in [2.45, 2.75) is 26.2 Å². The van der Waals surface area contributed by atoms with E-state index in [1.54, 1.807) is 0 Å². The lowest BCUT2D eigenvalue weighted by Gasteiger charge is -2.17. The molecule has 1 N–H and O–H groups in total. The van der Waals surface area contributed by atoms with Crippen LogP contribution in [0.4, 0.5) is 0 Å². The zero-order chi connectivity index (χ0) is 14.6. The third-order valence-corrected chi connectivity index (χ3v) is 3.06.